The maximum atomic E-state index is 6.29. The molecular formula is C22H14O. The normalized spacial score (nSPS) is 11.8. The van der Waals surface area contributed by atoms with Crippen molar-refractivity contribution >= 4 is 10.8 Å². The smallest absolute Gasteiger partial charge is 0.135 e. The van der Waals surface area contributed by atoms with Crippen LogP contribution >= 0.6 is 0 Å². The molecule has 0 aromatic heterocycles. The lowest BCUT2D eigenvalue weighted by molar-refractivity contribution is 0.488. The monoisotopic (exact) mass is 294 g/mol. The van der Waals surface area contributed by atoms with Crippen molar-refractivity contribution in [3.63, 3.8) is 0 Å². The van der Waals surface area contributed by atoms with Gasteiger partial charge in [0.25, 0.3) is 0 Å². The van der Waals surface area contributed by atoms with Crippen LogP contribution in [0.5, 0.6) is 11.5 Å². The van der Waals surface area contributed by atoms with Crippen molar-refractivity contribution in [2.45, 2.75) is 0 Å². The molecule has 0 spiro atoms. The van der Waals surface area contributed by atoms with Crippen molar-refractivity contribution in [2.24, 2.45) is 0 Å². The van der Waals surface area contributed by atoms with Crippen LogP contribution in [0.3, 0.4) is 0 Å². The molecule has 0 radical (unpaired) electrons. The first kappa shape index (κ1) is 12.5. The summed E-state index contributed by atoms with van der Waals surface area (Å²) in [6, 6.07) is 29.5. The Hall–Kier alpha value is -3.06. The second-order valence-electron chi connectivity index (χ2n) is 5.80. The van der Waals surface area contributed by atoms with E-state index >= 15 is 0 Å². The van der Waals surface area contributed by atoms with Crippen molar-refractivity contribution in [1.82, 2.24) is 0 Å². The van der Waals surface area contributed by atoms with E-state index in [0.717, 1.165) is 17.1 Å². The van der Waals surface area contributed by atoms with Gasteiger partial charge in [0.1, 0.15) is 11.5 Å². The van der Waals surface area contributed by atoms with E-state index in [1.807, 2.05) is 12.1 Å². The second kappa shape index (κ2) is 4.72. The van der Waals surface area contributed by atoms with Crippen molar-refractivity contribution in [3.8, 4) is 33.8 Å². The maximum Gasteiger partial charge on any atom is 0.135 e. The summed E-state index contributed by atoms with van der Waals surface area (Å²) in [5.74, 6) is 1.83. The molecule has 0 aliphatic carbocycles. The average Bonchev–Trinajstić information content (AvgIpc) is 2.76. The molecule has 4 aromatic rings. The van der Waals surface area contributed by atoms with E-state index in [1.54, 1.807) is 0 Å². The number of fused-ring (bicyclic) bond motifs is 7. The Kier molecular flexibility index (Phi) is 2.56. The first-order chi connectivity index (χ1) is 11.4. The van der Waals surface area contributed by atoms with Crippen molar-refractivity contribution in [2.75, 3.05) is 0 Å². The molecule has 0 fully saturated rings. The fraction of sp³-hybridized carbons (Fsp3) is 0. The molecule has 1 heteroatoms. The SMILES string of the molecule is c1ccc2c(c1)Oc1ccc3ccccc3c1-c1ccccc1-2. The topological polar surface area (TPSA) is 9.23 Å². The van der Waals surface area contributed by atoms with Gasteiger partial charge in [-0.05, 0) is 34.0 Å². The quantitative estimate of drug-likeness (QED) is 0.326. The summed E-state index contributed by atoms with van der Waals surface area (Å²) in [5.41, 5.74) is 4.76. The van der Waals surface area contributed by atoms with Gasteiger partial charge >= 0.3 is 0 Å². The number of benzene rings is 4. The Morgan fingerprint density at radius 3 is 2.09 bits per heavy atom. The van der Waals surface area contributed by atoms with Gasteiger partial charge in [-0.15, -0.1) is 0 Å². The number of para-hydroxylation sites is 1. The van der Waals surface area contributed by atoms with Gasteiger partial charge in [-0.25, -0.2) is 0 Å². The summed E-state index contributed by atoms with van der Waals surface area (Å²) in [7, 11) is 0. The molecular weight excluding hydrogens is 280 g/mol. The number of ether oxygens (including phenoxy) is 1. The molecule has 1 aliphatic heterocycles. The molecule has 0 saturated heterocycles. The van der Waals surface area contributed by atoms with Gasteiger partial charge in [-0.2, -0.15) is 0 Å². The Morgan fingerprint density at radius 1 is 0.478 bits per heavy atom. The summed E-state index contributed by atoms with van der Waals surface area (Å²) in [4.78, 5) is 0. The largest absolute Gasteiger partial charge is 0.456 e. The average molecular weight is 294 g/mol. The van der Waals surface area contributed by atoms with Gasteiger partial charge in [0.15, 0.2) is 0 Å². The van der Waals surface area contributed by atoms with Crippen LogP contribution in [0.2, 0.25) is 0 Å². The van der Waals surface area contributed by atoms with Gasteiger partial charge in [-0.3, -0.25) is 0 Å². The summed E-state index contributed by atoms with van der Waals surface area (Å²) >= 11 is 0. The highest BCUT2D eigenvalue weighted by Crippen LogP contribution is 2.48. The van der Waals surface area contributed by atoms with Crippen LogP contribution in [0.15, 0.2) is 84.9 Å². The first-order valence-electron chi connectivity index (χ1n) is 7.80. The Bertz CT molecular complexity index is 1050. The van der Waals surface area contributed by atoms with Crippen LogP contribution in [0.4, 0.5) is 0 Å². The summed E-state index contributed by atoms with van der Waals surface area (Å²) in [5, 5.41) is 2.46. The molecule has 0 saturated carbocycles. The molecule has 0 amide bonds. The fourth-order valence-electron chi connectivity index (χ4n) is 3.45. The lowest BCUT2D eigenvalue weighted by atomic mass is 9.91. The maximum absolute atomic E-state index is 6.29. The van der Waals surface area contributed by atoms with E-state index in [9.17, 15) is 0 Å². The molecule has 5 rings (SSSR count). The number of hydrogen-bond acceptors (Lipinski definition) is 1. The van der Waals surface area contributed by atoms with E-state index in [0.29, 0.717) is 0 Å². The van der Waals surface area contributed by atoms with Gasteiger partial charge in [0, 0.05) is 11.1 Å². The molecule has 1 heterocycles. The van der Waals surface area contributed by atoms with E-state index in [1.165, 1.54) is 27.5 Å². The second-order valence-corrected chi connectivity index (χ2v) is 5.80. The predicted molar refractivity (Wildman–Crippen MR) is 94.9 cm³/mol. The van der Waals surface area contributed by atoms with Gasteiger partial charge in [-0.1, -0.05) is 72.8 Å². The third-order valence-corrected chi connectivity index (χ3v) is 4.48. The summed E-state index contributed by atoms with van der Waals surface area (Å²) in [6.07, 6.45) is 0. The lowest BCUT2D eigenvalue weighted by Gasteiger charge is -2.12. The summed E-state index contributed by atoms with van der Waals surface area (Å²) in [6.45, 7) is 0. The minimum atomic E-state index is 0.911. The summed E-state index contributed by atoms with van der Waals surface area (Å²) < 4.78 is 6.29. The van der Waals surface area contributed by atoms with E-state index in [-0.39, 0.29) is 0 Å². The van der Waals surface area contributed by atoms with Crippen LogP contribution in [-0.2, 0) is 0 Å². The molecule has 4 aromatic carbocycles. The molecule has 23 heavy (non-hydrogen) atoms. The number of rotatable bonds is 0. The lowest BCUT2D eigenvalue weighted by Crippen LogP contribution is -1.87. The predicted octanol–water partition coefficient (Wildman–Crippen LogP) is 6.28. The highest BCUT2D eigenvalue weighted by molar-refractivity contribution is 6.04. The van der Waals surface area contributed by atoms with E-state index < -0.39 is 0 Å². The highest BCUT2D eigenvalue weighted by atomic mass is 16.5. The zero-order chi connectivity index (χ0) is 15.2. The third kappa shape index (κ3) is 1.80. The molecule has 1 aliphatic rings. The van der Waals surface area contributed by atoms with Gasteiger partial charge < -0.3 is 4.74 Å². The molecule has 0 unspecified atom stereocenters. The third-order valence-electron chi connectivity index (χ3n) is 4.48. The van der Waals surface area contributed by atoms with Crippen molar-refractivity contribution in [1.29, 1.82) is 0 Å². The minimum absolute atomic E-state index is 0.911. The molecule has 1 nitrogen and oxygen atoms in total. The van der Waals surface area contributed by atoms with Crippen LogP contribution < -0.4 is 4.74 Å². The fourth-order valence-corrected chi connectivity index (χ4v) is 3.45. The van der Waals surface area contributed by atoms with E-state index in [4.69, 9.17) is 4.74 Å². The molecule has 0 bridgehead atoms. The molecule has 108 valence electrons. The standard InChI is InChI=1S/C22H14O/c1-2-8-16-15(7-1)13-14-21-22(16)19-11-4-3-9-17(19)18-10-5-6-12-20(18)23-21/h1-14H. The first-order valence-corrected chi connectivity index (χ1v) is 7.80. The van der Waals surface area contributed by atoms with Crippen LogP contribution in [0.1, 0.15) is 0 Å². The van der Waals surface area contributed by atoms with E-state index in [2.05, 4.69) is 72.8 Å². The van der Waals surface area contributed by atoms with Crippen molar-refractivity contribution in [3.05, 3.63) is 84.9 Å². The van der Waals surface area contributed by atoms with Crippen LogP contribution in [-0.4, -0.2) is 0 Å². The van der Waals surface area contributed by atoms with Crippen LogP contribution in [0, 0.1) is 0 Å². The highest BCUT2D eigenvalue weighted by Gasteiger charge is 2.21. The minimum Gasteiger partial charge on any atom is -0.456 e. The Balaban J connectivity index is 1.97. The van der Waals surface area contributed by atoms with Crippen molar-refractivity contribution < 1.29 is 4.74 Å². The number of hydrogen-bond donors (Lipinski definition) is 0. The van der Waals surface area contributed by atoms with Gasteiger partial charge in [0.2, 0.25) is 0 Å². The molecule has 0 atom stereocenters. The molecule has 0 N–H and O–H groups in total. The Morgan fingerprint density at radius 2 is 1.17 bits per heavy atom. The zero-order valence-electron chi connectivity index (χ0n) is 12.5. The Labute approximate surface area is 134 Å². The zero-order valence-corrected chi connectivity index (χ0v) is 12.5. The van der Waals surface area contributed by atoms with Gasteiger partial charge in [0.05, 0.1) is 0 Å². The van der Waals surface area contributed by atoms with Crippen LogP contribution in [0.25, 0.3) is 33.0 Å².